The van der Waals surface area contributed by atoms with Crippen molar-refractivity contribution >= 4 is 28.8 Å². The molecule has 2 N–H and O–H groups in total. The number of para-hydroxylation sites is 1. The van der Waals surface area contributed by atoms with Crippen molar-refractivity contribution in [3.8, 4) is 0 Å². The van der Waals surface area contributed by atoms with E-state index in [1.165, 1.54) is 0 Å². The summed E-state index contributed by atoms with van der Waals surface area (Å²) in [5.74, 6) is 0.00310. The van der Waals surface area contributed by atoms with Crippen LogP contribution in [0.3, 0.4) is 0 Å². The summed E-state index contributed by atoms with van der Waals surface area (Å²) in [6.07, 6.45) is 0.381. The number of rotatable bonds is 2. The van der Waals surface area contributed by atoms with Gasteiger partial charge in [0.15, 0.2) is 0 Å². The van der Waals surface area contributed by atoms with Crippen LogP contribution in [0.2, 0.25) is 0 Å². The van der Waals surface area contributed by atoms with Gasteiger partial charge in [0.25, 0.3) is 0 Å². The second-order valence-electron chi connectivity index (χ2n) is 4.18. The third-order valence-corrected chi connectivity index (χ3v) is 3.62. The van der Waals surface area contributed by atoms with Crippen LogP contribution in [0.25, 0.3) is 0 Å². The maximum absolute atomic E-state index is 11.5. The van der Waals surface area contributed by atoms with Gasteiger partial charge in [-0.3, -0.25) is 4.79 Å². The van der Waals surface area contributed by atoms with Crippen molar-refractivity contribution in [2.45, 2.75) is 18.8 Å². The highest BCUT2D eigenvalue weighted by Crippen LogP contribution is 2.40. The average molecular weight is 234 g/mol. The van der Waals surface area contributed by atoms with E-state index >= 15 is 0 Å². The highest BCUT2D eigenvalue weighted by Gasteiger charge is 2.40. The van der Waals surface area contributed by atoms with Crippen molar-refractivity contribution in [2.75, 3.05) is 12.4 Å². The number of thiocarbonyl (C=S) groups is 1. The maximum Gasteiger partial charge on any atom is 0.221 e. The first-order valence-corrected chi connectivity index (χ1v) is 5.60. The van der Waals surface area contributed by atoms with E-state index in [4.69, 9.17) is 12.2 Å². The first kappa shape index (κ1) is 11.1. The molecule has 1 aromatic carbocycles. The molecular formula is C12H14N2OS. The Balaban J connectivity index is 2.40. The molecule has 1 aromatic rings. The number of hydrogen-bond donors (Lipinski definition) is 2. The molecule has 0 unspecified atom stereocenters. The van der Waals surface area contributed by atoms with Crippen LogP contribution in [0.4, 0.5) is 5.69 Å². The fourth-order valence-electron chi connectivity index (χ4n) is 2.04. The number of carbonyl (C=O) groups excluding carboxylic acids is 1. The van der Waals surface area contributed by atoms with Crippen molar-refractivity contribution in [3.63, 3.8) is 0 Å². The zero-order chi connectivity index (χ0) is 11.8. The highest BCUT2D eigenvalue weighted by molar-refractivity contribution is 7.80. The molecular weight excluding hydrogens is 220 g/mol. The molecule has 3 nitrogen and oxygen atoms in total. The van der Waals surface area contributed by atoms with Crippen molar-refractivity contribution in [2.24, 2.45) is 0 Å². The Morgan fingerprint density at radius 3 is 2.88 bits per heavy atom. The second-order valence-corrected chi connectivity index (χ2v) is 4.59. The van der Waals surface area contributed by atoms with E-state index in [1.54, 1.807) is 7.05 Å². The van der Waals surface area contributed by atoms with Crippen molar-refractivity contribution in [3.05, 3.63) is 29.8 Å². The van der Waals surface area contributed by atoms with Gasteiger partial charge in [-0.15, -0.1) is 0 Å². The zero-order valence-corrected chi connectivity index (χ0v) is 10.1. The largest absolute Gasteiger partial charge is 0.359 e. The van der Waals surface area contributed by atoms with E-state index in [0.29, 0.717) is 6.42 Å². The number of carbonyl (C=O) groups is 1. The Morgan fingerprint density at radius 1 is 1.50 bits per heavy atom. The van der Waals surface area contributed by atoms with Gasteiger partial charge in [-0.25, -0.2) is 0 Å². The SMILES string of the molecule is CNC(=O)C[C@@]1(C)C(=S)Nc2ccccc21. The van der Waals surface area contributed by atoms with Crippen LogP contribution < -0.4 is 10.6 Å². The van der Waals surface area contributed by atoms with Crippen LogP contribution in [0.1, 0.15) is 18.9 Å². The van der Waals surface area contributed by atoms with E-state index in [-0.39, 0.29) is 11.3 Å². The normalized spacial score (nSPS) is 22.5. The Hall–Kier alpha value is -1.42. The van der Waals surface area contributed by atoms with Gasteiger partial charge in [0.2, 0.25) is 5.91 Å². The predicted octanol–water partition coefficient (Wildman–Crippen LogP) is 1.83. The lowest BCUT2D eigenvalue weighted by atomic mass is 9.81. The van der Waals surface area contributed by atoms with Gasteiger partial charge in [-0.1, -0.05) is 30.4 Å². The molecule has 0 saturated carbocycles. The average Bonchev–Trinajstić information content (AvgIpc) is 2.52. The van der Waals surface area contributed by atoms with E-state index in [2.05, 4.69) is 10.6 Å². The molecule has 0 aromatic heterocycles. The highest BCUT2D eigenvalue weighted by atomic mass is 32.1. The Kier molecular flexibility index (Phi) is 2.68. The standard InChI is InChI=1S/C12H14N2OS/c1-12(7-10(15)13-2)8-5-3-4-6-9(8)14-11(12)16/h3-6H,7H2,1-2H3,(H,13,15)(H,14,16)/t12-/m1/s1. The van der Waals surface area contributed by atoms with Gasteiger partial charge in [0.1, 0.15) is 0 Å². The molecule has 0 spiro atoms. The number of amides is 1. The van der Waals surface area contributed by atoms with Gasteiger partial charge < -0.3 is 10.6 Å². The minimum atomic E-state index is -0.383. The van der Waals surface area contributed by atoms with E-state index in [0.717, 1.165) is 16.2 Å². The summed E-state index contributed by atoms with van der Waals surface area (Å²) in [7, 11) is 1.64. The summed E-state index contributed by atoms with van der Waals surface area (Å²) >= 11 is 5.33. The van der Waals surface area contributed by atoms with Crippen LogP contribution in [0.15, 0.2) is 24.3 Å². The van der Waals surface area contributed by atoms with Crippen LogP contribution in [-0.4, -0.2) is 17.9 Å². The molecule has 0 radical (unpaired) electrons. The van der Waals surface area contributed by atoms with Crippen LogP contribution >= 0.6 is 12.2 Å². The van der Waals surface area contributed by atoms with E-state index in [9.17, 15) is 4.79 Å². The maximum atomic E-state index is 11.5. The topological polar surface area (TPSA) is 41.1 Å². The lowest BCUT2D eigenvalue weighted by Crippen LogP contribution is -2.35. The van der Waals surface area contributed by atoms with Gasteiger partial charge in [0.05, 0.1) is 10.4 Å². The summed E-state index contributed by atoms with van der Waals surface area (Å²) < 4.78 is 0. The number of nitrogens with one attached hydrogen (secondary N) is 2. The van der Waals surface area contributed by atoms with E-state index in [1.807, 2.05) is 31.2 Å². The molecule has 0 saturated heterocycles. The lowest BCUT2D eigenvalue weighted by molar-refractivity contribution is -0.121. The molecule has 1 aliphatic heterocycles. The first-order valence-electron chi connectivity index (χ1n) is 5.19. The molecule has 4 heteroatoms. The Bertz CT molecular complexity index is 458. The molecule has 1 aliphatic rings. The molecule has 0 bridgehead atoms. The Labute approximate surface area is 100 Å². The van der Waals surface area contributed by atoms with Gasteiger partial charge in [0, 0.05) is 19.2 Å². The van der Waals surface area contributed by atoms with Gasteiger partial charge in [-0.05, 0) is 18.6 Å². The quantitative estimate of drug-likeness (QED) is 0.767. The van der Waals surface area contributed by atoms with Crippen LogP contribution in [-0.2, 0) is 10.2 Å². The third kappa shape index (κ3) is 1.59. The van der Waals surface area contributed by atoms with Gasteiger partial charge in [-0.2, -0.15) is 0 Å². The summed E-state index contributed by atoms with van der Waals surface area (Å²) in [5.41, 5.74) is 1.73. The number of hydrogen-bond acceptors (Lipinski definition) is 2. The van der Waals surface area contributed by atoms with Gasteiger partial charge >= 0.3 is 0 Å². The number of anilines is 1. The molecule has 0 fully saturated rings. The smallest absolute Gasteiger partial charge is 0.221 e. The first-order chi connectivity index (χ1) is 7.58. The zero-order valence-electron chi connectivity index (χ0n) is 9.33. The third-order valence-electron chi connectivity index (χ3n) is 3.06. The molecule has 0 aliphatic carbocycles. The number of fused-ring (bicyclic) bond motifs is 1. The fourth-order valence-corrected chi connectivity index (χ4v) is 2.33. The van der Waals surface area contributed by atoms with Crippen molar-refractivity contribution < 1.29 is 4.79 Å². The predicted molar refractivity (Wildman–Crippen MR) is 68.7 cm³/mol. The summed E-state index contributed by atoms with van der Waals surface area (Å²) in [6, 6.07) is 7.93. The van der Waals surface area contributed by atoms with Crippen molar-refractivity contribution in [1.82, 2.24) is 5.32 Å². The summed E-state index contributed by atoms with van der Waals surface area (Å²) in [5, 5.41) is 5.81. The summed E-state index contributed by atoms with van der Waals surface area (Å²) in [4.78, 5) is 12.2. The fraction of sp³-hybridized carbons (Fsp3) is 0.333. The molecule has 2 rings (SSSR count). The molecule has 1 heterocycles. The van der Waals surface area contributed by atoms with Crippen molar-refractivity contribution in [1.29, 1.82) is 0 Å². The monoisotopic (exact) mass is 234 g/mol. The Morgan fingerprint density at radius 2 is 2.19 bits per heavy atom. The van der Waals surface area contributed by atoms with E-state index < -0.39 is 0 Å². The molecule has 1 amide bonds. The molecule has 1 atom stereocenters. The minimum Gasteiger partial charge on any atom is -0.359 e. The minimum absolute atomic E-state index is 0.00310. The van der Waals surface area contributed by atoms with Crippen LogP contribution in [0, 0.1) is 0 Å². The summed E-state index contributed by atoms with van der Waals surface area (Å²) in [6.45, 7) is 2.00. The van der Waals surface area contributed by atoms with Crippen LogP contribution in [0.5, 0.6) is 0 Å². The lowest BCUT2D eigenvalue weighted by Gasteiger charge is -2.23. The number of benzene rings is 1. The second kappa shape index (κ2) is 3.87. The molecule has 84 valence electrons. The molecule has 16 heavy (non-hydrogen) atoms.